The van der Waals surface area contributed by atoms with Gasteiger partial charge < -0.3 is 14.5 Å². The molecule has 4 rings (SSSR count). The quantitative estimate of drug-likeness (QED) is 0.564. The molecule has 2 aromatic carbocycles. The number of fused-ring (bicyclic) bond motifs is 1. The van der Waals surface area contributed by atoms with Crippen LogP contribution in [-0.2, 0) is 4.79 Å². The summed E-state index contributed by atoms with van der Waals surface area (Å²) in [6, 6.07) is 11.4. The van der Waals surface area contributed by atoms with Crippen molar-refractivity contribution in [3.63, 3.8) is 0 Å². The summed E-state index contributed by atoms with van der Waals surface area (Å²) in [7, 11) is 0. The lowest BCUT2D eigenvalue weighted by molar-refractivity contribution is -0.145. The van der Waals surface area contributed by atoms with Gasteiger partial charge in [0.2, 0.25) is 0 Å². The molecule has 0 spiro atoms. The maximum Gasteiger partial charge on any atom is 0.266 e. The number of amides is 1. The Balaban J connectivity index is 1.41. The van der Waals surface area contributed by atoms with E-state index in [0.717, 1.165) is 23.7 Å². The predicted octanol–water partition coefficient (Wildman–Crippen LogP) is 5.07. The van der Waals surface area contributed by atoms with Crippen LogP contribution in [0, 0.1) is 13.8 Å². The normalized spacial score (nSPS) is 15.0. The van der Waals surface area contributed by atoms with Crippen molar-refractivity contribution in [3.8, 4) is 5.75 Å². The molecule has 1 fully saturated rings. The van der Waals surface area contributed by atoms with E-state index in [-0.39, 0.29) is 5.91 Å². The average molecular weight is 444 g/mol. The number of thiazole rings is 1. The number of aryl methyl sites for hydroxylation is 2. The van der Waals surface area contributed by atoms with E-state index in [1.165, 1.54) is 15.8 Å². The van der Waals surface area contributed by atoms with Crippen molar-refractivity contribution in [1.82, 2.24) is 9.88 Å². The van der Waals surface area contributed by atoms with Crippen LogP contribution in [0.25, 0.3) is 10.2 Å². The highest BCUT2D eigenvalue weighted by Gasteiger charge is 2.36. The lowest BCUT2D eigenvalue weighted by Gasteiger charge is -2.38. The van der Waals surface area contributed by atoms with E-state index in [1.807, 2.05) is 18.7 Å². The van der Waals surface area contributed by atoms with Gasteiger partial charge in [-0.2, -0.15) is 0 Å². The number of hydrogen-bond acceptors (Lipinski definition) is 5. The second-order valence-electron chi connectivity index (χ2n) is 8.20. The van der Waals surface area contributed by atoms with Gasteiger partial charge in [-0.25, -0.2) is 4.98 Å². The number of aromatic nitrogens is 1. The first-order chi connectivity index (χ1) is 14.2. The third-order valence-corrected chi connectivity index (χ3v) is 6.95. The first-order valence-corrected chi connectivity index (χ1v) is 11.3. The highest BCUT2D eigenvalue weighted by molar-refractivity contribution is 7.22. The molecule has 0 N–H and O–H groups in total. The predicted molar refractivity (Wildman–Crippen MR) is 124 cm³/mol. The van der Waals surface area contributed by atoms with Crippen LogP contribution in [0.2, 0.25) is 5.02 Å². The third-order valence-electron chi connectivity index (χ3n) is 5.61. The zero-order chi connectivity index (χ0) is 21.5. The van der Waals surface area contributed by atoms with E-state index < -0.39 is 5.60 Å². The number of hydrogen-bond donors (Lipinski definition) is 0. The molecular weight excluding hydrogens is 418 g/mol. The summed E-state index contributed by atoms with van der Waals surface area (Å²) in [5.41, 5.74) is 2.65. The summed E-state index contributed by atoms with van der Waals surface area (Å²) < 4.78 is 7.19. The third kappa shape index (κ3) is 4.12. The van der Waals surface area contributed by atoms with E-state index in [4.69, 9.17) is 21.3 Å². The molecule has 0 saturated carbocycles. The van der Waals surface area contributed by atoms with Crippen LogP contribution < -0.4 is 9.64 Å². The first-order valence-electron chi connectivity index (χ1n) is 10.1. The Morgan fingerprint density at radius 1 is 1.07 bits per heavy atom. The van der Waals surface area contributed by atoms with Gasteiger partial charge in [-0.15, -0.1) is 0 Å². The summed E-state index contributed by atoms with van der Waals surface area (Å²) in [5.74, 6) is 0.629. The molecule has 7 heteroatoms. The molecule has 3 aromatic rings. The van der Waals surface area contributed by atoms with Gasteiger partial charge in [-0.05, 0) is 69.2 Å². The summed E-state index contributed by atoms with van der Waals surface area (Å²) >= 11 is 7.65. The lowest BCUT2D eigenvalue weighted by atomic mass is 10.1. The molecule has 0 radical (unpaired) electrons. The second-order valence-corrected chi connectivity index (χ2v) is 9.64. The van der Waals surface area contributed by atoms with Gasteiger partial charge >= 0.3 is 0 Å². The van der Waals surface area contributed by atoms with Crippen molar-refractivity contribution in [2.75, 3.05) is 31.1 Å². The fourth-order valence-electron chi connectivity index (χ4n) is 3.67. The molecule has 1 aliphatic rings. The van der Waals surface area contributed by atoms with Crippen LogP contribution in [0.3, 0.4) is 0 Å². The maximum atomic E-state index is 13.1. The molecule has 2 heterocycles. The molecule has 0 aliphatic carbocycles. The maximum absolute atomic E-state index is 13.1. The number of carbonyl (C=O) groups excluding carboxylic acids is 1. The highest BCUT2D eigenvalue weighted by Crippen LogP contribution is 2.32. The summed E-state index contributed by atoms with van der Waals surface area (Å²) in [4.78, 5) is 22.1. The van der Waals surface area contributed by atoms with Crippen LogP contribution in [0.5, 0.6) is 5.75 Å². The van der Waals surface area contributed by atoms with Crippen molar-refractivity contribution >= 4 is 44.2 Å². The minimum Gasteiger partial charge on any atom is -0.478 e. The van der Waals surface area contributed by atoms with Crippen molar-refractivity contribution in [3.05, 3.63) is 52.5 Å². The molecule has 30 heavy (non-hydrogen) atoms. The van der Waals surface area contributed by atoms with Crippen molar-refractivity contribution in [2.24, 2.45) is 0 Å². The first kappa shape index (κ1) is 20.9. The van der Waals surface area contributed by atoms with E-state index in [0.29, 0.717) is 23.9 Å². The van der Waals surface area contributed by atoms with Gasteiger partial charge in [-0.1, -0.05) is 29.0 Å². The summed E-state index contributed by atoms with van der Waals surface area (Å²) in [5, 5.41) is 1.67. The van der Waals surface area contributed by atoms with Crippen molar-refractivity contribution < 1.29 is 9.53 Å². The molecule has 0 bridgehead atoms. The van der Waals surface area contributed by atoms with Crippen LogP contribution >= 0.6 is 22.9 Å². The summed E-state index contributed by atoms with van der Waals surface area (Å²) in [6.45, 7) is 10.7. The van der Waals surface area contributed by atoms with Crippen LogP contribution in [0.1, 0.15) is 25.0 Å². The number of benzene rings is 2. The Morgan fingerprint density at radius 2 is 1.73 bits per heavy atom. The van der Waals surface area contributed by atoms with Crippen LogP contribution in [-0.4, -0.2) is 47.6 Å². The van der Waals surface area contributed by atoms with Gasteiger partial charge in [-0.3, -0.25) is 4.79 Å². The largest absolute Gasteiger partial charge is 0.478 e. The number of carbonyl (C=O) groups is 1. The Hall–Kier alpha value is -2.31. The minimum atomic E-state index is -0.944. The fraction of sp³-hybridized carbons (Fsp3) is 0.391. The average Bonchev–Trinajstić information content (AvgIpc) is 3.17. The van der Waals surface area contributed by atoms with E-state index >= 15 is 0 Å². The van der Waals surface area contributed by atoms with Crippen molar-refractivity contribution in [1.29, 1.82) is 0 Å². The number of halogens is 1. The minimum absolute atomic E-state index is 0.00660. The SMILES string of the molecule is Cc1ccc2sc(N3CCN(C(=O)C(C)(C)Oc4ccc(Cl)cc4)CC3)nc2c1C. The molecule has 5 nitrogen and oxygen atoms in total. The number of piperazine rings is 1. The van der Waals surface area contributed by atoms with Crippen LogP contribution in [0.15, 0.2) is 36.4 Å². The molecule has 1 amide bonds. The van der Waals surface area contributed by atoms with Gasteiger partial charge in [0.05, 0.1) is 10.2 Å². The standard InChI is InChI=1S/C23H26ClN3O2S/c1-15-5-10-19-20(16(15)2)25-22(30-19)27-13-11-26(12-14-27)21(28)23(3,4)29-18-8-6-17(24)7-9-18/h5-10H,11-14H2,1-4H3. The summed E-state index contributed by atoms with van der Waals surface area (Å²) in [6.07, 6.45) is 0. The molecule has 1 aromatic heterocycles. The van der Waals surface area contributed by atoms with Crippen molar-refractivity contribution in [2.45, 2.75) is 33.3 Å². The van der Waals surface area contributed by atoms with E-state index in [2.05, 4.69) is 30.9 Å². The Bertz CT molecular complexity index is 1070. The zero-order valence-electron chi connectivity index (χ0n) is 17.7. The van der Waals surface area contributed by atoms with Gasteiger partial charge in [0.1, 0.15) is 5.75 Å². The van der Waals surface area contributed by atoms with Gasteiger partial charge in [0.15, 0.2) is 10.7 Å². The highest BCUT2D eigenvalue weighted by atomic mass is 35.5. The van der Waals surface area contributed by atoms with E-state index in [1.54, 1.807) is 35.6 Å². The van der Waals surface area contributed by atoms with Crippen LogP contribution in [0.4, 0.5) is 5.13 Å². The Kier molecular flexibility index (Phi) is 5.64. The van der Waals surface area contributed by atoms with Gasteiger partial charge in [0, 0.05) is 31.2 Å². The Morgan fingerprint density at radius 3 is 2.40 bits per heavy atom. The molecule has 1 aliphatic heterocycles. The molecular formula is C23H26ClN3O2S. The molecule has 1 saturated heterocycles. The second kappa shape index (κ2) is 8.08. The number of nitrogens with zero attached hydrogens (tertiary/aromatic N) is 3. The smallest absolute Gasteiger partial charge is 0.266 e. The zero-order valence-corrected chi connectivity index (χ0v) is 19.3. The number of ether oxygens (including phenoxy) is 1. The fourth-order valence-corrected chi connectivity index (χ4v) is 4.87. The topological polar surface area (TPSA) is 45.7 Å². The number of rotatable bonds is 4. The lowest BCUT2D eigenvalue weighted by Crippen LogP contribution is -2.55. The Labute approximate surface area is 186 Å². The monoisotopic (exact) mass is 443 g/mol. The molecule has 158 valence electrons. The molecule has 0 atom stereocenters. The molecule has 0 unspecified atom stereocenters. The number of anilines is 1. The van der Waals surface area contributed by atoms with Gasteiger partial charge in [0.25, 0.3) is 5.91 Å². The van der Waals surface area contributed by atoms with E-state index in [9.17, 15) is 4.79 Å².